The van der Waals surface area contributed by atoms with Crippen molar-refractivity contribution in [3.8, 4) is 5.75 Å². The average Bonchev–Trinajstić information content (AvgIpc) is 3.31. The van der Waals surface area contributed by atoms with Crippen molar-refractivity contribution in [2.45, 2.75) is 18.6 Å². The lowest BCUT2D eigenvalue weighted by Crippen LogP contribution is -2.40. The SMILES string of the molecule is CNS(=O)(=O)Nc1ccc(OCC(=O)N(C)[C@H](CN2CC[C@H](O)C2)c2ccccc2)c2cccnc12. The van der Waals surface area contributed by atoms with Gasteiger partial charge in [0.15, 0.2) is 6.61 Å². The quantitative estimate of drug-likeness (QED) is 0.377. The van der Waals surface area contributed by atoms with Crippen LogP contribution in [0.15, 0.2) is 60.8 Å². The van der Waals surface area contributed by atoms with Crippen LogP contribution in [0.4, 0.5) is 5.69 Å². The fourth-order valence-corrected chi connectivity index (χ4v) is 4.87. The number of β-amino-alcohol motifs (C(OH)–C–C–N with tert-alkyl or cyclic N) is 1. The molecule has 36 heavy (non-hydrogen) atoms. The summed E-state index contributed by atoms with van der Waals surface area (Å²) in [5.41, 5.74) is 1.71. The van der Waals surface area contributed by atoms with Crippen LogP contribution in [-0.4, -0.2) is 80.7 Å². The maximum absolute atomic E-state index is 13.2. The molecule has 0 spiro atoms. The van der Waals surface area contributed by atoms with Crippen LogP contribution in [0, 0.1) is 0 Å². The smallest absolute Gasteiger partial charge is 0.298 e. The van der Waals surface area contributed by atoms with Crippen LogP contribution < -0.4 is 14.2 Å². The van der Waals surface area contributed by atoms with Crippen LogP contribution in [0.1, 0.15) is 18.0 Å². The molecule has 11 heteroatoms. The van der Waals surface area contributed by atoms with Crippen LogP contribution in [-0.2, 0) is 15.0 Å². The minimum Gasteiger partial charge on any atom is -0.483 e. The van der Waals surface area contributed by atoms with Crippen LogP contribution in [0.3, 0.4) is 0 Å². The lowest BCUT2D eigenvalue weighted by atomic mass is 10.0. The van der Waals surface area contributed by atoms with E-state index < -0.39 is 10.2 Å². The van der Waals surface area contributed by atoms with Gasteiger partial charge in [-0.1, -0.05) is 30.3 Å². The molecule has 3 aromatic rings. The Morgan fingerprint density at radius 2 is 2.00 bits per heavy atom. The molecule has 0 unspecified atom stereocenters. The summed E-state index contributed by atoms with van der Waals surface area (Å²) in [6.45, 7) is 1.78. The van der Waals surface area contributed by atoms with Gasteiger partial charge >= 0.3 is 0 Å². The largest absolute Gasteiger partial charge is 0.483 e. The number of pyridine rings is 1. The van der Waals surface area contributed by atoms with E-state index in [2.05, 4.69) is 19.3 Å². The topological polar surface area (TPSA) is 124 Å². The van der Waals surface area contributed by atoms with Crippen molar-refractivity contribution in [2.75, 3.05) is 45.1 Å². The zero-order chi connectivity index (χ0) is 25.7. The highest BCUT2D eigenvalue weighted by Crippen LogP contribution is 2.31. The number of aliphatic hydroxyl groups is 1. The zero-order valence-electron chi connectivity index (χ0n) is 20.3. The number of ether oxygens (including phenoxy) is 1. The number of rotatable bonds is 10. The standard InChI is InChI=1S/C25H31N5O5S/c1-26-36(33,34)28-21-10-11-23(20-9-6-13-27-25(20)21)35-17-24(32)29(2)22(18-7-4-3-5-8-18)16-30-14-12-19(31)15-30/h3-11,13,19,22,26,28,31H,12,14-17H2,1-2H3/t19-,22+/m0/s1. The summed E-state index contributed by atoms with van der Waals surface area (Å²) in [4.78, 5) is 21.4. The summed E-state index contributed by atoms with van der Waals surface area (Å²) in [5.74, 6) is 0.215. The summed E-state index contributed by atoms with van der Waals surface area (Å²) >= 11 is 0. The van der Waals surface area contributed by atoms with E-state index in [0.717, 1.165) is 18.5 Å². The van der Waals surface area contributed by atoms with Crippen LogP contribution >= 0.6 is 0 Å². The molecule has 2 atom stereocenters. The summed E-state index contributed by atoms with van der Waals surface area (Å²) < 4.78 is 34.5. The highest BCUT2D eigenvalue weighted by atomic mass is 32.2. The molecule has 4 rings (SSSR count). The second kappa shape index (κ2) is 11.2. The number of hydrogen-bond donors (Lipinski definition) is 3. The van der Waals surface area contributed by atoms with Gasteiger partial charge in [-0.25, -0.2) is 4.72 Å². The highest BCUT2D eigenvalue weighted by Gasteiger charge is 2.28. The molecule has 2 aromatic carbocycles. The van der Waals surface area contributed by atoms with Crippen molar-refractivity contribution in [3.63, 3.8) is 0 Å². The van der Waals surface area contributed by atoms with Crippen molar-refractivity contribution in [1.82, 2.24) is 19.5 Å². The Morgan fingerprint density at radius 1 is 1.22 bits per heavy atom. The molecule has 1 aromatic heterocycles. The van der Waals surface area contributed by atoms with Gasteiger partial charge in [0.05, 0.1) is 23.3 Å². The summed E-state index contributed by atoms with van der Waals surface area (Å²) in [6, 6.07) is 16.2. The van der Waals surface area contributed by atoms with Crippen LogP contribution in [0.2, 0.25) is 0 Å². The number of benzene rings is 2. The molecule has 192 valence electrons. The Labute approximate surface area is 211 Å². The zero-order valence-corrected chi connectivity index (χ0v) is 21.1. The fourth-order valence-electron chi connectivity index (χ4n) is 4.31. The number of anilines is 1. The van der Waals surface area contributed by atoms with Crippen molar-refractivity contribution < 1.29 is 23.1 Å². The first-order valence-corrected chi connectivity index (χ1v) is 13.2. The molecule has 0 bridgehead atoms. The normalized spacial score (nSPS) is 17.1. The number of likely N-dealkylation sites (N-methyl/N-ethyl adjacent to an activating group) is 1. The number of carbonyl (C=O) groups excluding carboxylic acids is 1. The van der Waals surface area contributed by atoms with E-state index in [1.807, 2.05) is 30.3 Å². The minimum absolute atomic E-state index is 0.200. The third kappa shape index (κ3) is 6.11. The van der Waals surface area contributed by atoms with Gasteiger partial charge in [0, 0.05) is 45.3 Å². The van der Waals surface area contributed by atoms with Gasteiger partial charge in [-0.15, -0.1) is 0 Å². The number of aliphatic hydroxyl groups excluding tert-OH is 1. The molecule has 1 fully saturated rings. The van der Waals surface area contributed by atoms with Crippen LogP contribution in [0.25, 0.3) is 10.9 Å². The van der Waals surface area contributed by atoms with E-state index in [1.54, 1.807) is 42.4 Å². The second-order valence-electron chi connectivity index (χ2n) is 8.74. The van der Waals surface area contributed by atoms with Gasteiger partial charge in [0.25, 0.3) is 16.1 Å². The van der Waals surface area contributed by atoms with Crippen LogP contribution in [0.5, 0.6) is 5.75 Å². The fraction of sp³-hybridized carbons (Fsp3) is 0.360. The number of nitrogens with one attached hydrogen (secondary N) is 2. The maximum Gasteiger partial charge on any atom is 0.298 e. The molecule has 0 aliphatic carbocycles. The molecule has 0 saturated carbocycles. The molecular weight excluding hydrogens is 482 g/mol. The molecule has 2 heterocycles. The highest BCUT2D eigenvalue weighted by molar-refractivity contribution is 7.90. The van der Waals surface area contributed by atoms with E-state index in [9.17, 15) is 18.3 Å². The van der Waals surface area contributed by atoms with Gasteiger partial charge in [0.2, 0.25) is 0 Å². The molecule has 10 nitrogen and oxygen atoms in total. The number of nitrogens with zero attached hydrogens (tertiary/aromatic N) is 3. The molecule has 1 amide bonds. The molecule has 1 saturated heterocycles. The number of likely N-dealkylation sites (tertiary alicyclic amines) is 1. The maximum atomic E-state index is 13.2. The predicted molar refractivity (Wildman–Crippen MR) is 138 cm³/mol. The number of fused-ring (bicyclic) bond motifs is 1. The second-order valence-corrected chi connectivity index (χ2v) is 10.4. The third-order valence-corrected chi connectivity index (χ3v) is 7.34. The van der Waals surface area contributed by atoms with E-state index >= 15 is 0 Å². The third-order valence-electron chi connectivity index (χ3n) is 6.32. The van der Waals surface area contributed by atoms with E-state index in [4.69, 9.17) is 4.74 Å². The summed E-state index contributed by atoms with van der Waals surface area (Å²) in [5, 5.41) is 10.5. The Morgan fingerprint density at radius 3 is 2.69 bits per heavy atom. The minimum atomic E-state index is -3.72. The Balaban J connectivity index is 1.51. The number of aromatic nitrogens is 1. The van der Waals surface area contributed by atoms with Gasteiger partial charge < -0.3 is 14.7 Å². The first kappa shape index (κ1) is 25.8. The Hall–Kier alpha value is -3.25. The monoisotopic (exact) mass is 513 g/mol. The Kier molecular flexibility index (Phi) is 8.04. The van der Waals surface area contributed by atoms with E-state index in [0.29, 0.717) is 35.4 Å². The molecular formula is C25H31N5O5S. The Bertz CT molecular complexity index is 1300. The first-order valence-electron chi connectivity index (χ1n) is 11.7. The summed E-state index contributed by atoms with van der Waals surface area (Å²) in [7, 11) is -0.658. The average molecular weight is 514 g/mol. The molecule has 3 N–H and O–H groups in total. The van der Waals surface area contributed by atoms with Crippen molar-refractivity contribution >= 4 is 32.7 Å². The number of hydrogen-bond acceptors (Lipinski definition) is 7. The molecule has 1 aliphatic rings. The number of amides is 1. The lowest BCUT2D eigenvalue weighted by molar-refractivity contribution is -0.134. The van der Waals surface area contributed by atoms with Crippen molar-refractivity contribution in [3.05, 3.63) is 66.4 Å². The van der Waals surface area contributed by atoms with Crippen molar-refractivity contribution in [1.29, 1.82) is 0 Å². The van der Waals surface area contributed by atoms with Crippen molar-refractivity contribution in [2.24, 2.45) is 0 Å². The van der Waals surface area contributed by atoms with Gasteiger partial charge in [-0.3, -0.25) is 19.4 Å². The van der Waals surface area contributed by atoms with E-state index in [-0.39, 0.29) is 24.7 Å². The molecule has 1 aliphatic heterocycles. The van der Waals surface area contributed by atoms with Gasteiger partial charge in [-0.05, 0) is 36.2 Å². The van der Waals surface area contributed by atoms with Gasteiger partial charge in [0.1, 0.15) is 5.75 Å². The van der Waals surface area contributed by atoms with Gasteiger partial charge in [-0.2, -0.15) is 8.42 Å². The predicted octanol–water partition coefficient (Wildman–Crippen LogP) is 1.76. The van der Waals surface area contributed by atoms with E-state index in [1.165, 1.54) is 7.05 Å². The number of carbonyl (C=O) groups is 1. The first-order chi connectivity index (χ1) is 17.3. The summed E-state index contributed by atoms with van der Waals surface area (Å²) in [6.07, 6.45) is 1.94. The molecule has 0 radical (unpaired) electrons. The lowest BCUT2D eigenvalue weighted by Gasteiger charge is -2.32.